The van der Waals surface area contributed by atoms with Crippen LogP contribution in [0, 0.1) is 52.3 Å². The second kappa shape index (κ2) is 4.97. The average molecular weight is 383 g/mol. The van der Waals surface area contributed by atoms with Crippen LogP contribution in [0.4, 0.5) is 0 Å². The molecule has 28 heavy (non-hydrogen) atoms. The molecule has 6 fully saturated rings. The van der Waals surface area contributed by atoms with E-state index in [1.165, 1.54) is 32.1 Å². The van der Waals surface area contributed by atoms with Crippen molar-refractivity contribution in [1.29, 1.82) is 0 Å². The number of rotatable bonds is 1. The third-order valence-corrected chi connectivity index (χ3v) is 11.2. The number of ether oxygens (including phenoxy) is 2. The van der Waals surface area contributed by atoms with Gasteiger partial charge in [0.1, 0.15) is 0 Å². The molecule has 152 valence electrons. The van der Waals surface area contributed by atoms with E-state index in [1.807, 2.05) is 7.11 Å². The zero-order valence-electron chi connectivity index (χ0n) is 17.6. The number of carbonyl (C=O) groups is 1. The van der Waals surface area contributed by atoms with Crippen LogP contribution in [0.3, 0.4) is 0 Å². The summed E-state index contributed by atoms with van der Waals surface area (Å²) in [7, 11) is 1.81. The van der Waals surface area contributed by atoms with Gasteiger partial charge in [-0.3, -0.25) is 4.79 Å². The third kappa shape index (κ3) is 1.72. The summed E-state index contributed by atoms with van der Waals surface area (Å²) in [6.45, 7) is 5.13. The lowest BCUT2D eigenvalue weighted by Crippen LogP contribution is -2.57. The first-order chi connectivity index (χ1) is 13.4. The summed E-state index contributed by atoms with van der Waals surface area (Å²) in [5.41, 5.74) is 2.29. The van der Waals surface area contributed by atoms with Crippen LogP contribution in [0.1, 0.15) is 65.2 Å². The number of carbonyl (C=O) groups excluding carboxylic acids is 1. The highest BCUT2D eigenvalue weighted by Gasteiger charge is 2.80. The molecule has 3 heteroatoms. The lowest BCUT2D eigenvalue weighted by molar-refractivity contribution is -0.218. The Bertz CT molecular complexity index is 802. The first-order valence-corrected chi connectivity index (χ1v) is 11.9. The Kier molecular flexibility index (Phi) is 3.02. The van der Waals surface area contributed by atoms with Crippen molar-refractivity contribution < 1.29 is 14.3 Å². The molecule has 11 atom stereocenters. The highest BCUT2D eigenvalue weighted by atomic mass is 16.7. The smallest absolute Gasteiger partial charge is 0.158 e. The van der Waals surface area contributed by atoms with E-state index < -0.39 is 0 Å². The molecule has 1 unspecified atom stereocenters. The summed E-state index contributed by atoms with van der Waals surface area (Å²) in [5, 5.41) is 0. The highest BCUT2D eigenvalue weighted by molar-refractivity contribution is 5.92. The van der Waals surface area contributed by atoms with Crippen molar-refractivity contribution in [2.24, 2.45) is 52.3 Å². The molecule has 6 aliphatic carbocycles. The number of ketones is 1. The van der Waals surface area contributed by atoms with Gasteiger partial charge in [-0.25, -0.2) is 0 Å². The van der Waals surface area contributed by atoms with Crippen molar-refractivity contribution in [3.63, 3.8) is 0 Å². The molecule has 0 amide bonds. The summed E-state index contributed by atoms with van der Waals surface area (Å²) in [5.74, 6) is 6.18. The molecule has 3 nitrogen and oxygen atoms in total. The summed E-state index contributed by atoms with van der Waals surface area (Å²) in [6, 6.07) is 0. The Morgan fingerprint density at radius 1 is 1.07 bits per heavy atom. The Hall–Kier alpha value is -0.670. The van der Waals surface area contributed by atoms with E-state index in [0.29, 0.717) is 16.6 Å². The van der Waals surface area contributed by atoms with Crippen molar-refractivity contribution in [2.45, 2.75) is 77.1 Å². The van der Waals surface area contributed by atoms with Gasteiger partial charge in [0.05, 0.1) is 5.60 Å². The molecule has 1 spiro atoms. The van der Waals surface area contributed by atoms with E-state index in [-0.39, 0.29) is 11.9 Å². The first-order valence-electron chi connectivity index (χ1n) is 11.9. The van der Waals surface area contributed by atoms with Gasteiger partial charge >= 0.3 is 0 Å². The molecule has 0 N–H and O–H groups in total. The second-order valence-electron chi connectivity index (χ2n) is 11.9. The minimum atomic E-state index is 0.0194. The van der Waals surface area contributed by atoms with Crippen LogP contribution < -0.4 is 0 Å². The highest BCUT2D eigenvalue weighted by Crippen LogP contribution is 2.82. The van der Waals surface area contributed by atoms with Crippen molar-refractivity contribution in [2.75, 3.05) is 7.11 Å². The lowest BCUT2D eigenvalue weighted by Gasteiger charge is -2.60. The van der Waals surface area contributed by atoms with Crippen LogP contribution in [-0.4, -0.2) is 24.8 Å². The Morgan fingerprint density at radius 2 is 1.93 bits per heavy atom. The van der Waals surface area contributed by atoms with E-state index in [4.69, 9.17) is 9.47 Å². The predicted molar refractivity (Wildman–Crippen MR) is 105 cm³/mol. The van der Waals surface area contributed by atoms with Crippen molar-refractivity contribution >= 4 is 5.78 Å². The summed E-state index contributed by atoms with van der Waals surface area (Å²) in [4.78, 5) is 12.2. The zero-order valence-corrected chi connectivity index (χ0v) is 17.6. The molecule has 1 aliphatic heterocycles. The third-order valence-electron chi connectivity index (χ3n) is 11.2. The summed E-state index contributed by atoms with van der Waals surface area (Å²) in [6.07, 6.45) is 11.7. The maximum atomic E-state index is 12.2. The molecule has 5 saturated carbocycles. The van der Waals surface area contributed by atoms with Crippen LogP contribution in [0.2, 0.25) is 0 Å². The van der Waals surface area contributed by atoms with Crippen LogP contribution >= 0.6 is 0 Å². The van der Waals surface area contributed by atoms with E-state index >= 15 is 0 Å². The molecule has 7 aliphatic rings. The van der Waals surface area contributed by atoms with Gasteiger partial charge < -0.3 is 9.47 Å². The standard InChI is InChI=1S/C25H34O3/c1-23-7-4-13(26)10-18(23)14-11-15(14)21-17(23)5-8-24(2)22(21)16-12-19(16)25(24)9-6-20(27-3)28-25/h10,14-17,19-22H,4-9,11-12H2,1-3H3/t14-,15+,16-,17+,19+,20?,21-,22+,23-,24+,25+/m1/s1. The average Bonchev–Trinajstić information content (AvgIpc) is 3.58. The van der Waals surface area contributed by atoms with Crippen LogP contribution in [0.15, 0.2) is 11.6 Å². The Balaban J connectivity index is 1.30. The van der Waals surface area contributed by atoms with Crippen LogP contribution in [-0.2, 0) is 14.3 Å². The van der Waals surface area contributed by atoms with Crippen LogP contribution in [0.5, 0.6) is 0 Å². The van der Waals surface area contributed by atoms with Gasteiger partial charge in [-0.15, -0.1) is 0 Å². The van der Waals surface area contributed by atoms with Gasteiger partial charge in [-0.2, -0.15) is 0 Å². The van der Waals surface area contributed by atoms with Gasteiger partial charge in [-0.1, -0.05) is 19.4 Å². The Labute approximate surface area is 168 Å². The monoisotopic (exact) mass is 382 g/mol. The SMILES string of the molecule is COC1CC[C@]2(O1)[C@H]1C[C@H]1[C@H]1[C@@H]3[C@H]4C[C@H]4C4=CC(=O)CC[C@]4(C)[C@H]3CC[C@@]12C. The molecule has 0 aromatic carbocycles. The van der Waals surface area contributed by atoms with E-state index in [9.17, 15) is 4.79 Å². The number of allylic oxidation sites excluding steroid dienone is 1. The molecular weight excluding hydrogens is 348 g/mol. The van der Waals surface area contributed by atoms with E-state index in [2.05, 4.69) is 19.9 Å². The van der Waals surface area contributed by atoms with Gasteiger partial charge in [0.15, 0.2) is 12.1 Å². The van der Waals surface area contributed by atoms with Crippen molar-refractivity contribution in [3.05, 3.63) is 11.6 Å². The Morgan fingerprint density at radius 3 is 2.71 bits per heavy atom. The molecule has 1 saturated heterocycles. The minimum Gasteiger partial charge on any atom is -0.356 e. The van der Waals surface area contributed by atoms with Crippen molar-refractivity contribution in [1.82, 2.24) is 0 Å². The van der Waals surface area contributed by atoms with Crippen LogP contribution in [0.25, 0.3) is 0 Å². The second-order valence-corrected chi connectivity index (χ2v) is 11.9. The largest absolute Gasteiger partial charge is 0.356 e. The lowest BCUT2D eigenvalue weighted by atomic mass is 9.45. The first kappa shape index (κ1) is 17.1. The maximum Gasteiger partial charge on any atom is 0.158 e. The number of methoxy groups -OCH3 is 1. The summed E-state index contributed by atoms with van der Waals surface area (Å²) < 4.78 is 12.4. The fraction of sp³-hybridized carbons (Fsp3) is 0.880. The molecule has 7 rings (SSSR count). The minimum absolute atomic E-state index is 0.0194. The molecule has 0 aromatic rings. The number of fused-ring (bicyclic) bond motifs is 12. The van der Waals surface area contributed by atoms with Gasteiger partial charge in [0.25, 0.3) is 0 Å². The quantitative estimate of drug-likeness (QED) is 0.656. The summed E-state index contributed by atoms with van der Waals surface area (Å²) >= 11 is 0. The number of hydrogen-bond acceptors (Lipinski definition) is 3. The maximum absolute atomic E-state index is 12.2. The zero-order chi connectivity index (χ0) is 19.1. The molecule has 0 bridgehead atoms. The molecule has 0 aromatic heterocycles. The number of hydrogen-bond donors (Lipinski definition) is 0. The topological polar surface area (TPSA) is 35.5 Å². The van der Waals surface area contributed by atoms with Gasteiger partial charge in [0.2, 0.25) is 0 Å². The van der Waals surface area contributed by atoms with E-state index in [1.54, 1.807) is 5.57 Å². The van der Waals surface area contributed by atoms with E-state index in [0.717, 1.165) is 60.7 Å². The fourth-order valence-corrected chi connectivity index (χ4v) is 10.0. The fourth-order valence-electron chi connectivity index (χ4n) is 10.0. The predicted octanol–water partition coefficient (Wildman–Crippen LogP) is 4.75. The molecule has 1 heterocycles. The molecule has 0 radical (unpaired) electrons. The molecular formula is C25H34O3. The normalized spacial score (nSPS) is 63.1. The van der Waals surface area contributed by atoms with Gasteiger partial charge in [-0.05, 0) is 91.4 Å². The van der Waals surface area contributed by atoms with Crippen molar-refractivity contribution in [3.8, 4) is 0 Å². The van der Waals surface area contributed by atoms with Gasteiger partial charge in [0, 0.05) is 25.4 Å².